The molecule has 1 aromatic heterocycles. The van der Waals surface area contributed by atoms with Crippen molar-refractivity contribution in [1.82, 2.24) is 16.1 Å². The molecule has 0 aliphatic carbocycles. The van der Waals surface area contributed by atoms with Gasteiger partial charge in [0.25, 0.3) is 0 Å². The maximum atomic E-state index is 13.3. The minimum Gasteiger partial charge on any atom is -0.368 e. The molecule has 3 atom stereocenters. The number of amides is 4. The topological polar surface area (TPSA) is 151 Å². The van der Waals surface area contributed by atoms with Crippen LogP contribution in [-0.2, 0) is 25.6 Å². The first kappa shape index (κ1) is 28.3. The van der Waals surface area contributed by atoms with Crippen LogP contribution in [0.3, 0.4) is 0 Å². The zero-order valence-electron chi connectivity index (χ0n) is 20.5. The summed E-state index contributed by atoms with van der Waals surface area (Å²) in [5, 5.41) is 17.4. The van der Waals surface area contributed by atoms with Crippen LogP contribution in [0.25, 0.3) is 10.1 Å². The molecule has 1 heterocycles. The molecule has 9 nitrogen and oxygen atoms in total. The minimum absolute atomic E-state index is 0.122. The van der Waals surface area contributed by atoms with Crippen LogP contribution in [0.4, 0.5) is 0 Å². The molecule has 1 aromatic carbocycles. The number of nitrogens with two attached hydrogens (primary N) is 1. The number of hydrogen-bond acceptors (Lipinski definition) is 6. The molecule has 0 fully saturated rings. The molecule has 2 unspecified atom stereocenters. The Morgan fingerprint density at radius 1 is 1.06 bits per heavy atom. The number of thiophene rings is 1. The lowest BCUT2D eigenvalue weighted by Crippen LogP contribution is -2.54. The van der Waals surface area contributed by atoms with E-state index >= 15 is 0 Å². The monoisotopic (exact) mass is 504 g/mol. The zero-order valence-corrected chi connectivity index (χ0v) is 21.3. The highest BCUT2D eigenvalue weighted by molar-refractivity contribution is 7.17. The Hall–Kier alpha value is -2.98. The fraction of sp³-hybridized carbons (Fsp3) is 0.520. The Morgan fingerprint density at radius 2 is 1.74 bits per heavy atom. The number of hydrogen-bond donors (Lipinski definition) is 5. The SMILES string of the molecule is CCCCC(CC(=O)NO)C(=O)N[C@@H](Cc1csc2ccccc12)C(=O)NC(CC(C)C)C(N)=O. The second kappa shape index (κ2) is 13.8. The van der Waals surface area contributed by atoms with Gasteiger partial charge in [-0.2, -0.15) is 0 Å². The van der Waals surface area contributed by atoms with Crippen molar-refractivity contribution < 1.29 is 24.4 Å². The number of rotatable bonds is 14. The first-order chi connectivity index (χ1) is 16.7. The summed E-state index contributed by atoms with van der Waals surface area (Å²) in [7, 11) is 0. The molecule has 192 valence electrons. The molecule has 6 N–H and O–H groups in total. The number of carbonyl (C=O) groups excluding carboxylic acids is 4. The van der Waals surface area contributed by atoms with E-state index < -0.39 is 41.6 Å². The molecule has 0 saturated heterocycles. The molecule has 0 radical (unpaired) electrons. The van der Waals surface area contributed by atoms with Gasteiger partial charge < -0.3 is 16.4 Å². The van der Waals surface area contributed by atoms with Gasteiger partial charge in [0, 0.05) is 23.5 Å². The zero-order chi connectivity index (χ0) is 26.0. The Balaban J connectivity index is 2.30. The van der Waals surface area contributed by atoms with Crippen molar-refractivity contribution in [3.8, 4) is 0 Å². The molecule has 0 spiro atoms. The third kappa shape index (κ3) is 8.63. The lowest BCUT2D eigenvalue weighted by Gasteiger charge is -2.25. The van der Waals surface area contributed by atoms with Crippen LogP contribution in [0.15, 0.2) is 29.6 Å². The predicted molar refractivity (Wildman–Crippen MR) is 136 cm³/mol. The summed E-state index contributed by atoms with van der Waals surface area (Å²) in [6.07, 6.45) is 2.35. The second-order valence-corrected chi connectivity index (χ2v) is 10.1. The van der Waals surface area contributed by atoms with Crippen molar-refractivity contribution >= 4 is 45.1 Å². The minimum atomic E-state index is -0.976. The largest absolute Gasteiger partial charge is 0.368 e. The summed E-state index contributed by atoms with van der Waals surface area (Å²) in [5.41, 5.74) is 7.97. The Morgan fingerprint density at radius 3 is 2.37 bits per heavy atom. The Labute approximate surface area is 209 Å². The fourth-order valence-electron chi connectivity index (χ4n) is 3.95. The van der Waals surface area contributed by atoms with E-state index in [1.165, 1.54) is 0 Å². The van der Waals surface area contributed by atoms with Crippen molar-refractivity contribution in [2.75, 3.05) is 0 Å². The van der Waals surface area contributed by atoms with Crippen LogP contribution < -0.4 is 21.8 Å². The first-order valence-electron chi connectivity index (χ1n) is 11.9. The number of primary amides is 1. The number of hydroxylamine groups is 1. The molecule has 0 aliphatic rings. The van der Waals surface area contributed by atoms with Crippen molar-refractivity contribution in [3.63, 3.8) is 0 Å². The maximum absolute atomic E-state index is 13.3. The quantitative estimate of drug-likeness (QED) is 0.198. The van der Waals surface area contributed by atoms with E-state index in [2.05, 4.69) is 10.6 Å². The van der Waals surface area contributed by atoms with E-state index in [-0.39, 0.29) is 18.8 Å². The summed E-state index contributed by atoms with van der Waals surface area (Å²) < 4.78 is 1.06. The number of benzene rings is 1. The van der Waals surface area contributed by atoms with Crippen LogP contribution in [-0.4, -0.2) is 40.9 Å². The third-order valence-electron chi connectivity index (χ3n) is 5.82. The van der Waals surface area contributed by atoms with Crippen LogP contribution in [0.1, 0.15) is 58.4 Å². The Bertz CT molecular complexity index is 1020. The average Bonchev–Trinajstić information content (AvgIpc) is 3.22. The summed E-state index contributed by atoms with van der Waals surface area (Å²) in [6, 6.07) is 5.94. The van der Waals surface area contributed by atoms with Crippen molar-refractivity contribution in [3.05, 3.63) is 35.2 Å². The molecule has 0 bridgehead atoms. The molecule has 2 aromatic rings. The maximum Gasteiger partial charge on any atom is 0.244 e. The molecule has 0 saturated carbocycles. The van der Waals surface area contributed by atoms with Gasteiger partial charge in [0.15, 0.2) is 0 Å². The van der Waals surface area contributed by atoms with Crippen LogP contribution in [0.2, 0.25) is 0 Å². The number of nitrogens with one attached hydrogen (secondary N) is 3. The number of unbranched alkanes of at least 4 members (excludes halogenated alkanes) is 1. The van der Waals surface area contributed by atoms with Gasteiger partial charge in [-0.1, -0.05) is 51.8 Å². The van der Waals surface area contributed by atoms with Gasteiger partial charge in [0.2, 0.25) is 23.6 Å². The van der Waals surface area contributed by atoms with E-state index in [0.29, 0.717) is 19.3 Å². The average molecular weight is 505 g/mol. The third-order valence-corrected chi connectivity index (χ3v) is 6.83. The predicted octanol–water partition coefficient (Wildman–Crippen LogP) is 2.65. The molecule has 10 heteroatoms. The van der Waals surface area contributed by atoms with Gasteiger partial charge in [-0.3, -0.25) is 24.4 Å². The normalized spacial score (nSPS) is 13.7. The van der Waals surface area contributed by atoms with E-state index in [4.69, 9.17) is 10.9 Å². The van der Waals surface area contributed by atoms with E-state index in [0.717, 1.165) is 22.1 Å². The van der Waals surface area contributed by atoms with E-state index in [1.807, 2.05) is 50.4 Å². The van der Waals surface area contributed by atoms with Crippen LogP contribution in [0.5, 0.6) is 0 Å². The standard InChI is InChI=1S/C25H36N4O5S/c1-4-5-8-16(13-22(30)29-34)24(32)28-20(25(33)27-19(23(26)31)11-15(2)3)12-17-14-35-21-10-7-6-9-18(17)21/h6-7,9-10,14-16,19-20,34H,4-5,8,11-13H2,1-3H3,(H2,26,31)(H,27,33)(H,28,32)(H,29,30)/t16?,19?,20-/m0/s1. The van der Waals surface area contributed by atoms with Gasteiger partial charge in [-0.05, 0) is 41.2 Å². The van der Waals surface area contributed by atoms with Gasteiger partial charge in [-0.25, -0.2) is 5.48 Å². The van der Waals surface area contributed by atoms with Gasteiger partial charge in [-0.15, -0.1) is 11.3 Å². The van der Waals surface area contributed by atoms with E-state index in [1.54, 1.807) is 16.8 Å². The lowest BCUT2D eigenvalue weighted by molar-refractivity contribution is -0.136. The summed E-state index contributed by atoms with van der Waals surface area (Å²) >= 11 is 1.54. The Kier molecular flexibility index (Phi) is 11.1. The summed E-state index contributed by atoms with van der Waals surface area (Å²) in [4.78, 5) is 50.2. The molecule has 2 rings (SSSR count). The molecule has 0 aliphatic heterocycles. The van der Waals surface area contributed by atoms with Crippen molar-refractivity contribution in [2.45, 2.75) is 71.4 Å². The summed E-state index contributed by atoms with van der Waals surface area (Å²) in [6.45, 7) is 5.81. The highest BCUT2D eigenvalue weighted by Crippen LogP contribution is 2.27. The fourth-order valence-corrected chi connectivity index (χ4v) is 4.92. The highest BCUT2D eigenvalue weighted by Gasteiger charge is 2.30. The molecule has 4 amide bonds. The van der Waals surface area contributed by atoms with Crippen LogP contribution >= 0.6 is 11.3 Å². The number of carbonyl (C=O) groups is 4. The summed E-state index contributed by atoms with van der Waals surface area (Å²) in [5.74, 6) is -2.87. The van der Waals surface area contributed by atoms with Crippen LogP contribution in [0, 0.1) is 11.8 Å². The molecular formula is C25H36N4O5S. The van der Waals surface area contributed by atoms with Crippen molar-refractivity contribution in [1.29, 1.82) is 0 Å². The van der Waals surface area contributed by atoms with E-state index in [9.17, 15) is 19.2 Å². The number of fused-ring (bicyclic) bond motifs is 1. The van der Waals surface area contributed by atoms with Gasteiger partial charge >= 0.3 is 0 Å². The molecule has 35 heavy (non-hydrogen) atoms. The van der Waals surface area contributed by atoms with Gasteiger partial charge in [0.05, 0.1) is 0 Å². The lowest BCUT2D eigenvalue weighted by atomic mass is 9.95. The molecular weight excluding hydrogens is 468 g/mol. The highest BCUT2D eigenvalue weighted by atomic mass is 32.1. The second-order valence-electron chi connectivity index (χ2n) is 9.19. The van der Waals surface area contributed by atoms with Gasteiger partial charge in [0.1, 0.15) is 12.1 Å². The smallest absolute Gasteiger partial charge is 0.244 e. The first-order valence-corrected chi connectivity index (χ1v) is 12.8. The van der Waals surface area contributed by atoms with Crippen molar-refractivity contribution in [2.24, 2.45) is 17.6 Å².